The Morgan fingerprint density at radius 1 is 0.867 bits per heavy atom. The van der Waals surface area contributed by atoms with Gasteiger partial charge in [-0.15, -0.1) is 4.89 Å². The number of fused-ring (bicyclic) bond motifs is 7. The number of aliphatic hydroxyl groups is 5. The van der Waals surface area contributed by atoms with E-state index in [0.29, 0.717) is 24.7 Å². The van der Waals surface area contributed by atoms with Crippen LogP contribution in [-0.2, 0) is 19.3 Å². The predicted molar refractivity (Wildman–Crippen MR) is 166 cm³/mol. The van der Waals surface area contributed by atoms with E-state index in [1.165, 1.54) is 5.57 Å². The Morgan fingerprint density at radius 3 is 2.24 bits per heavy atom. The molecule has 0 radical (unpaired) electrons. The van der Waals surface area contributed by atoms with Gasteiger partial charge in [-0.3, -0.25) is 4.89 Å². The normalized spacial score (nSPS) is 51.9. The summed E-state index contributed by atoms with van der Waals surface area (Å²) in [6, 6.07) is 0. The monoisotopic (exact) mass is 634 g/mol. The van der Waals surface area contributed by atoms with Gasteiger partial charge in [0, 0.05) is 0 Å². The lowest BCUT2D eigenvalue weighted by Gasteiger charge is -2.71. The maximum atomic E-state index is 14.2. The van der Waals surface area contributed by atoms with Gasteiger partial charge in [0.15, 0.2) is 0 Å². The van der Waals surface area contributed by atoms with Gasteiger partial charge in [-0.05, 0) is 109 Å². The Bertz CT molecular complexity index is 1200. The van der Waals surface area contributed by atoms with E-state index in [-0.39, 0.29) is 39.1 Å². The molecular formula is C36H58O9. The molecule has 6 rings (SSSR count). The van der Waals surface area contributed by atoms with Crippen LogP contribution in [0.25, 0.3) is 0 Å². The summed E-state index contributed by atoms with van der Waals surface area (Å²) < 4.78 is 5.45. The lowest BCUT2D eigenvalue weighted by Crippen LogP contribution is -2.65. The Kier molecular flexibility index (Phi) is 8.25. The summed E-state index contributed by atoms with van der Waals surface area (Å²) in [6.07, 6.45) is 3.78. The average Bonchev–Trinajstić information content (AvgIpc) is 2.97. The zero-order valence-electron chi connectivity index (χ0n) is 28.4. The van der Waals surface area contributed by atoms with Crippen LogP contribution < -0.4 is 0 Å². The molecule has 9 heteroatoms. The highest BCUT2D eigenvalue weighted by atomic mass is 17.2. The Morgan fingerprint density at radius 2 is 1.56 bits per heavy atom. The number of ether oxygens (including phenoxy) is 1. The fraction of sp³-hybridized carbons (Fsp3) is 0.917. The summed E-state index contributed by atoms with van der Waals surface area (Å²) in [5.74, 6) is 0.471. The van der Waals surface area contributed by atoms with Crippen molar-refractivity contribution in [2.24, 2.45) is 50.2 Å². The second kappa shape index (κ2) is 11.0. The SMILES string of the molecule is CC1(C)CC[C@]2(C(=O)OO[C@H]3O[C@@H](CO)[C@H](O)[C@@H](O)[C@@H]3O)CC[C@]3(C)C(=CC[C@H]4[C@]5(C)CC[C@@H](O)C(C)(C)[C@H]5CC[C@]43C)[C@H]2C1. The first-order chi connectivity index (χ1) is 20.9. The highest BCUT2D eigenvalue weighted by Crippen LogP contribution is 2.75. The van der Waals surface area contributed by atoms with E-state index in [1.807, 2.05) is 0 Å². The molecular weight excluding hydrogens is 576 g/mol. The largest absolute Gasteiger partial charge is 0.394 e. The van der Waals surface area contributed by atoms with Crippen LogP contribution >= 0.6 is 0 Å². The zero-order chi connectivity index (χ0) is 33.0. The van der Waals surface area contributed by atoms with E-state index in [9.17, 15) is 30.3 Å². The van der Waals surface area contributed by atoms with Crippen molar-refractivity contribution in [3.63, 3.8) is 0 Å². The molecule has 0 unspecified atom stereocenters. The molecule has 5 fully saturated rings. The van der Waals surface area contributed by atoms with Crippen molar-refractivity contribution < 1.29 is 44.8 Å². The standard InChI is InChI=1S/C36H58O9/c1-31(2)14-16-36(30(42)45-44-29-28(41)27(40)26(39)22(19-37)43-29)17-15-34(6)20(21(36)18-31)8-9-24-33(5)12-11-25(38)32(3,4)23(33)10-13-35(24,34)7/h8,21-29,37-41H,9-19H2,1-7H3/t21-,22+,23-,24+,25-,26+,27-,28+,29-,33-,34-,35-,36+/m1/s1. The summed E-state index contributed by atoms with van der Waals surface area (Å²) in [4.78, 5) is 25.1. The molecule has 9 nitrogen and oxygen atoms in total. The van der Waals surface area contributed by atoms with E-state index in [1.54, 1.807) is 0 Å². The van der Waals surface area contributed by atoms with Crippen LogP contribution in [-0.4, -0.2) is 74.9 Å². The van der Waals surface area contributed by atoms with Crippen molar-refractivity contribution in [2.75, 3.05) is 6.61 Å². The van der Waals surface area contributed by atoms with Gasteiger partial charge in [-0.1, -0.05) is 60.1 Å². The average molecular weight is 635 g/mol. The molecule has 13 atom stereocenters. The maximum Gasteiger partial charge on any atom is 0.349 e. The molecule has 0 aromatic rings. The predicted octanol–water partition coefficient (Wildman–Crippen LogP) is 4.42. The van der Waals surface area contributed by atoms with E-state index in [4.69, 9.17) is 14.5 Å². The molecule has 0 aromatic heterocycles. The van der Waals surface area contributed by atoms with E-state index in [0.717, 1.165) is 51.4 Å². The lowest BCUT2D eigenvalue weighted by molar-refractivity contribution is -0.409. The smallest absolute Gasteiger partial charge is 0.349 e. The van der Waals surface area contributed by atoms with Crippen molar-refractivity contribution in [2.45, 2.75) is 149 Å². The van der Waals surface area contributed by atoms with E-state index < -0.39 is 48.7 Å². The van der Waals surface area contributed by atoms with Gasteiger partial charge >= 0.3 is 5.97 Å². The second-order valence-electron chi connectivity index (χ2n) is 17.9. The van der Waals surface area contributed by atoms with Crippen molar-refractivity contribution in [1.82, 2.24) is 0 Å². The highest BCUT2D eigenvalue weighted by molar-refractivity contribution is 5.78. The first kappa shape index (κ1) is 33.8. The van der Waals surface area contributed by atoms with E-state index >= 15 is 0 Å². The van der Waals surface area contributed by atoms with Crippen LogP contribution in [0, 0.1) is 50.2 Å². The fourth-order valence-corrected chi connectivity index (χ4v) is 11.9. The molecule has 0 spiro atoms. The number of carbonyl (C=O) groups excluding carboxylic acids is 1. The number of hydrogen-bond acceptors (Lipinski definition) is 9. The number of rotatable bonds is 4. The third-order valence-corrected chi connectivity index (χ3v) is 15.1. The number of aliphatic hydroxyl groups excluding tert-OH is 5. The molecule has 6 aliphatic rings. The number of carbonyl (C=O) groups is 1. The molecule has 0 bridgehead atoms. The second-order valence-corrected chi connectivity index (χ2v) is 17.9. The minimum atomic E-state index is -1.65. The van der Waals surface area contributed by atoms with Crippen LogP contribution in [0.3, 0.4) is 0 Å². The van der Waals surface area contributed by atoms with Crippen LogP contribution in [0.5, 0.6) is 0 Å². The zero-order valence-corrected chi connectivity index (χ0v) is 28.4. The summed E-state index contributed by atoms with van der Waals surface area (Å²) >= 11 is 0. The third-order valence-electron chi connectivity index (χ3n) is 15.1. The Labute approximate surface area is 268 Å². The van der Waals surface area contributed by atoms with Gasteiger partial charge in [-0.2, -0.15) is 0 Å². The Hall–Kier alpha value is -1.07. The first-order valence-corrected chi connectivity index (χ1v) is 17.4. The van der Waals surface area contributed by atoms with Crippen LogP contribution in [0.4, 0.5) is 0 Å². The van der Waals surface area contributed by atoms with Crippen molar-refractivity contribution >= 4 is 5.97 Å². The lowest BCUT2D eigenvalue weighted by atomic mass is 9.33. The molecule has 45 heavy (non-hydrogen) atoms. The molecule has 5 N–H and O–H groups in total. The summed E-state index contributed by atoms with van der Waals surface area (Å²) in [7, 11) is 0. The number of allylic oxidation sites excluding steroid dienone is 2. The molecule has 1 saturated heterocycles. The highest BCUT2D eigenvalue weighted by Gasteiger charge is 2.69. The minimum absolute atomic E-state index is 0.0150. The maximum absolute atomic E-state index is 14.2. The van der Waals surface area contributed by atoms with Crippen LogP contribution in [0.2, 0.25) is 0 Å². The van der Waals surface area contributed by atoms with Crippen molar-refractivity contribution in [1.29, 1.82) is 0 Å². The molecule has 0 amide bonds. The Balaban J connectivity index is 1.30. The van der Waals surface area contributed by atoms with Gasteiger partial charge in [0.25, 0.3) is 0 Å². The minimum Gasteiger partial charge on any atom is -0.394 e. The summed E-state index contributed by atoms with van der Waals surface area (Å²) in [5, 5.41) is 51.4. The quantitative estimate of drug-likeness (QED) is 0.172. The molecule has 1 aliphatic heterocycles. The van der Waals surface area contributed by atoms with E-state index in [2.05, 4.69) is 54.5 Å². The molecule has 1 heterocycles. The third kappa shape index (κ3) is 4.76. The molecule has 5 aliphatic carbocycles. The molecule has 0 aromatic carbocycles. The molecule has 4 saturated carbocycles. The number of hydrogen-bond donors (Lipinski definition) is 5. The van der Waals surface area contributed by atoms with Gasteiger partial charge in [0.05, 0.1) is 18.1 Å². The summed E-state index contributed by atoms with van der Waals surface area (Å²) in [6.45, 7) is 16.0. The van der Waals surface area contributed by atoms with Gasteiger partial charge in [0.2, 0.25) is 6.29 Å². The van der Waals surface area contributed by atoms with Crippen LogP contribution in [0.1, 0.15) is 113 Å². The van der Waals surface area contributed by atoms with Gasteiger partial charge < -0.3 is 30.3 Å². The van der Waals surface area contributed by atoms with Crippen molar-refractivity contribution in [3.05, 3.63) is 11.6 Å². The summed E-state index contributed by atoms with van der Waals surface area (Å²) in [5.41, 5.74) is 0.669. The molecule has 256 valence electrons. The van der Waals surface area contributed by atoms with Crippen LogP contribution in [0.15, 0.2) is 11.6 Å². The van der Waals surface area contributed by atoms with Crippen molar-refractivity contribution in [3.8, 4) is 0 Å². The van der Waals surface area contributed by atoms with Gasteiger partial charge in [-0.25, -0.2) is 4.79 Å². The topological polar surface area (TPSA) is 146 Å². The first-order valence-electron chi connectivity index (χ1n) is 17.4. The van der Waals surface area contributed by atoms with Gasteiger partial charge in [0.1, 0.15) is 24.4 Å². The fourth-order valence-electron chi connectivity index (χ4n) is 11.9.